The number of ether oxygens (including phenoxy) is 1. The molecule has 0 atom stereocenters. The van der Waals surface area contributed by atoms with Gasteiger partial charge in [-0.2, -0.15) is 0 Å². The Hall–Kier alpha value is -2.44. The van der Waals surface area contributed by atoms with Crippen molar-refractivity contribution in [2.24, 2.45) is 0 Å². The number of anilines is 1. The van der Waals surface area contributed by atoms with Crippen molar-refractivity contribution in [2.75, 3.05) is 11.9 Å². The Balaban J connectivity index is 2.01. The molecule has 0 aliphatic heterocycles. The van der Waals surface area contributed by atoms with E-state index in [9.17, 15) is 18.8 Å². The van der Waals surface area contributed by atoms with Crippen molar-refractivity contribution >= 4 is 46.5 Å². The van der Waals surface area contributed by atoms with Gasteiger partial charge in [0.15, 0.2) is 12.4 Å². The summed E-state index contributed by atoms with van der Waals surface area (Å²) in [5.41, 5.74) is 0.595. The fourth-order valence-corrected chi connectivity index (χ4v) is 2.37. The van der Waals surface area contributed by atoms with Gasteiger partial charge in [0.2, 0.25) is 5.91 Å². The van der Waals surface area contributed by atoms with Crippen LogP contribution in [0.3, 0.4) is 0 Å². The maximum absolute atomic E-state index is 13.4. The van der Waals surface area contributed by atoms with Crippen LogP contribution in [0.4, 0.5) is 10.1 Å². The van der Waals surface area contributed by atoms with Gasteiger partial charge in [-0.3, -0.25) is 9.59 Å². The Morgan fingerprint density at radius 3 is 2.32 bits per heavy atom. The lowest BCUT2D eigenvalue weighted by molar-refractivity contribution is -0.114. The molecule has 0 saturated heterocycles. The van der Waals surface area contributed by atoms with Gasteiger partial charge in [0.05, 0.1) is 15.6 Å². The summed E-state index contributed by atoms with van der Waals surface area (Å²) in [6, 6.07) is 7.98. The quantitative estimate of drug-likeness (QED) is 0.478. The number of hydrogen-bond acceptors (Lipinski definition) is 4. The fourth-order valence-electron chi connectivity index (χ4n) is 1.91. The predicted octanol–water partition coefficient (Wildman–Crippen LogP) is 4.13. The molecule has 5 nitrogen and oxygen atoms in total. The van der Waals surface area contributed by atoms with E-state index in [0.717, 1.165) is 12.1 Å². The van der Waals surface area contributed by atoms with Crippen LogP contribution in [0.1, 0.15) is 27.6 Å². The van der Waals surface area contributed by atoms with Crippen LogP contribution in [0.15, 0.2) is 36.4 Å². The molecule has 0 aliphatic rings. The number of esters is 1. The van der Waals surface area contributed by atoms with E-state index < -0.39 is 24.2 Å². The van der Waals surface area contributed by atoms with E-state index in [1.54, 1.807) is 12.1 Å². The van der Waals surface area contributed by atoms with Gasteiger partial charge in [0.25, 0.3) is 0 Å². The third kappa shape index (κ3) is 5.01. The molecule has 8 heteroatoms. The molecule has 2 aromatic carbocycles. The molecule has 0 saturated carbocycles. The number of benzene rings is 2. The summed E-state index contributed by atoms with van der Waals surface area (Å²) < 4.78 is 18.3. The second-order valence-corrected chi connectivity index (χ2v) is 5.82. The summed E-state index contributed by atoms with van der Waals surface area (Å²) in [6.45, 7) is 0.822. The van der Waals surface area contributed by atoms with Crippen LogP contribution in [0, 0.1) is 5.82 Å². The molecular weight excluding hydrogens is 372 g/mol. The molecule has 130 valence electrons. The van der Waals surface area contributed by atoms with Crippen LogP contribution in [0.2, 0.25) is 10.0 Å². The van der Waals surface area contributed by atoms with E-state index in [4.69, 9.17) is 27.9 Å². The van der Waals surface area contributed by atoms with E-state index in [0.29, 0.717) is 5.69 Å². The Morgan fingerprint density at radius 1 is 1.08 bits per heavy atom. The van der Waals surface area contributed by atoms with E-state index in [2.05, 4.69) is 5.32 Å². The number of carbonyl (C=O) groups excluding carboxylic acids is 3. The molecule has 2 rings (SSSR count). The molecule has 0 aromatic heterocycles. The zero-order valence-electron chi connectivity index (χ0n) is 12.9. The number of hydrogen-bond donors (Lipinski definition) is 1. The van der Waals surface area contributed by atoms with Crippen molar-refractivity contribution in [3.05, 3.63) is 63.4 Å². The predicted molar refractivity (Wildman–Crippen MR) is 91.8 cm³/mol. The van der Waals surface area contributed by atoms with Gasteiger partial charge >= 0.3 is 5.97 Å². The van der Waals surface area contributed by atoms with Crippen LogP contribution in [0.25, 0.3) is 0 Å². The molecule has 25 heavy (non-hydrogen) atoms. The highest BCUT2D eigenvalue weighted by Gasteiger charge is 2.17. The van der Waals surface area contributed by atoms with E-state index in [1.165, 1.54) is 19.1 Å². The van der Waals surface area contributed by atoms with Gasteiger partial charge in [-0.05, 0) is 36.4 Å². The van der Waals surface area contributed by atoms with Crippen molar-refractivity contribution in [3.63, 3.8) is 0 Å². The molecule has 0 fully saturated rings. The number of amides is 1. The molecule has 0 bridgehead atoms. The highest BCUT2D eigenvalue weighted by Crippen LogP contribution is 2.25. The molecule has 0 unspecified atom stereocenters. The number of carbonyl (C=O) groups is 3. The third-order valence-electron chi connectivity index (χ3n) is 3.09. The highest BCUT2D eigenvalue weighted by molar-refractivity contribution is 6.36. The molecule has 0 heterocycles. The van der Waals surface area contributed by atoms with Gasteiger partial charge in [-0.15, -0.1) is 0 Å². The monoisotopic (exact) mass is 383 g/mol. The molecule has 2 aromatic rings. The summed E-state index contributed by atoms with van der Waals surface area (Å²) in [5, 5.41) is 2.26. The number of rotatable bonds is 5. The zero-order valence-corrected chi connectivity index (χ0v) is 14.4. The largest absolute Gasteiger partial charge is 0.454 e. The average Bonchev–Trinajstić information content (AvgIpc) is 2.55. The van der Waals surface area contributed by atoms with Gasteiger partial charge in [-0.1, -0.05) is 23.2 Å². The second-order valence-electron chi connectivity index (χ2n) is 5.00. The van der Waals surface area contributed by atoms with Crippen LogP contribution in [-0.2, 0) is 9.53 Å². The van der Waals surface area contributed by atoms with Gasteiger partial charge in [-0.25, -0.2) is 9.18 Å². The number of ketones is 1. The molecule has 1 amide bonds. The normalized spacial score (nSPS) is 10.2. The lowest BCUT2D eigenvalue weighted by Gasteiger charge is -2.07. The fraction of sp³-hybridized carbons (Fsp3) is 0.118. The van der Waals surface area contributed by atoms with Crippen molar-refractivity contribution in [1.82, 2.24) is 0 Å². The van der Waals surface area contributed by atoms with E-state index in [1.807, 2.05) is 0 Å². The maximum atomic E-state index is 13.4. The van der Waals surface area contributed by atoms with Gasteiger partial charge in [0.1, 0.15) is 5.82 Å². The first-order valence-electron chi connectivity index (χ1n) is 7.00. The molecular formula is C17H12Cl2FNO4. The summed E-state index contributed by atoms with van der Waals surface area (Å²) in [5.74, 6) is -2.46. The van der Waals surface area contributed by atoms with Crippen molar-refractivity contribution in [3.8, 4) is 0 Å². The molecule has 0 aliphatic carbocycles. The summed E-state index contributed by atoms with van der Waals surface area (Å²) in [7, 11) is 0. The van der Waals surface area contributed by atoms with Crippen LogP contribution in [0.5, 0.6) is 0 Å². The van der Waals surface area contributed by atoms with Crippen molar-refractivity contribution < 1.29 is 23.5 Å². The van der Waals surface area contributed by atoms with Crippen LogP contribution >= 0.6 is 23.2 Å². The summed E-state index contributed by atoms with van der Waals surface area (Å²) >= 11 is 11.4. The van der Waals surface area contributed by atoms with E-state index in [-0.39, 0.29) is 27.1 Å². The first-order chi connectivity index (χ1) is 11.8. The van der Waals surface area contributed by atoms with Gasteiger partial charge in [0, 0.05) is 18.2 Å². The van der Waals surface area contributed by atoms with Crippen molar-refractivity contribution in [1.29, 1.82) is 0 Å². The van der Waals surface area contributed by atoms with Gasteiger partial charge < -0.3 is 10.1 Å². The number of nitrogens with one attached hydrogen (secondary N) is 1. The first kappa shape index (κ1) is 18.9. The Labute approximate surface area is 152 Å². The molecule has 1 N–H and O–H groups in total. The highest BCUT2D eigenvalue weighted by atomic mass is 35.5. The minimum Gasteiger partial charge on any atom is -0.454 e. The SMILES string of the molecule is CC(=O)Nc1ccc(C(=O)COC(=O)c2cc(F)c(Cl)cc2Cl)cc1. The van der Waals surface area contributed by atoms with Crippen LogP contribution in [-0.4, -0.2) is 24.3 Å². The Morgan fingerprint density at radius 2 is 1.72 bits per heavy atom. The third-order valence-corrected chi connectivity index (χ3v) is 3.69. The lowest BCUT2D eigenvalue weighted by Crippen LogP contribution is -2.15. The smallest absolute Gasteiger partial charge is 0.340 e. The number of halogens is 3. The average molecular weight is 384 g/mol. The number of Topliss-reactive ketones (excluding diaryl/α,β-unsaturated/α-hetero) is 1. The second kappa shape index (κ2) is 8.09. The summed E-state index contributed by atoms with van der Waals surface area (Å²) in [6.07, 6.45) is 0. The topological polar surface area (TPSA) is 72.5 Å². The van der Waals surface area contributed by atoms with Crippen molar-refractivity contribution in [2.45, 2.75) is 6.92 Å². The summed E-state index contributed by atoms with van der Waals surface area (Å²) in [4.78, 5) is 34.9. The Bertz CT molecular complexity index is 837. The van der Waals surface area contributed by atoms with E-state index >= 15 is 0 Å². The minimum atomic E-state index is -0.941. The first-order valence-corrected chi connectivity index (χ1v) is 7.76. The standard InChI is InChI=1S/C17H12Cl2FNO4/c1-9(22)21-11-4-2-10(3-5-11)16(23)8-25-17(24)12-6-15(20)14(19)7-13(12)18/h2-7H,8H2,1H3,(H,21,22). The molecule has 0 radical (unpaired) electrons. The minimum absolute atomic E-state index is 0.0801. The maximum Gasteiger partial charge on any atom is 0.340 e. The molecule has 0 spiro atoms. The lowest BCUT2D eigenvalue weighted by atomic mass is 10.1. The Kier molecular flexibility index (Phi) is 6.12. The zero-order chi connectivity index (χ0) is 18.6. The van der Waals surface area contributed by atoms with Crippen LogP contribution < -0.4 is 5.32 Å².